The minimum Gasteiger partial charge on any atom is -0.481 e. The number of hydrogen-bond donors (Lipinski definition) is 1. The highest BCUT2D eigenvalue weighted by Crippen LogP contribution is 2.51. The standard InChI is InChI=1S/C12H14ClNO2S/c13-10-2-1-9(6-14-10)7-17-8-12(3-4-12)5-11(15)16/h1-2,6H,3-5,7-8H2,(H,15,16). The van der Waals surface area contributed by atoms with E-state index >= 15 is 0 Å². The molecule has 1 saturated carbocycles. The minimum absolute atomic E-state index is 0.0658. The van der Waals surface area contributed by atoms with Crippen molar-refractivity contribution >= 4 is 29.3 Å². The first-order valence-corrected chi connectivity index (χ1v) is 7.03. The Balaban J connectivity index is 1.76. The molecule has 1 fully saturated rings. The van der Waals surface area contributed by atoms with E-state index in [1.165, 1.54) is 0 Å². The molecule has 0 bridgehead atoms. The average Bonchev–Trinajstić information content (AvgIpc) is 3.00. The predicted molar refractivity (Wildman–Crippen MR) is 69.3 cm³/mol. The molecule has 2 rings (SSSR count). The number of carboxylic acid groups (broad SMARTS) is 1. The van der Waals surface area contributed by atoms with Crippen LogP contribution in [0.25, 0.3) is 0 Å². The van der Waals surface area contributed by atoms with Gasteiger partial charge in [-0.2, -0.15) is 11.8 Å². The van der Waals surface area contributed by atoms with E-state index in [9.17, 15) is 4.79 Å². The lowest BCUT2D eigenvalue weighted by molar-refractivity contribution is -0.138. The maximum Gasteiger partial charge on any atom is 0.303 e. The minimum atomic E-state index is -0.684. The Morgan fingerprint density at radius 2 is 2.29 bits per heavy atom. The summed E-state index contributed by atoms with van der Waals surface area (Å²) >= 11 is 7.48. The van der Waals surface area contributed by atoms with Gasteiger partial charge < -0.3 is 5.11 Å². The maximum absolute atomic E-state index is 10.7. The van der Waals surface area contributed by atoms with Gasteiger partial charge >= 0.3 is 5.97 Å². The molecular weight excluding hydrogens is 258 g/mol. The second-order valence-electron chi connectivity index (χ2n) is 4.55. The van der Waals surface area contributed by atoms with E-state index in [4.69, 9.17) is 16.7 Å². The molecule has 0 radical (unpaired) electrons. The normalized spacial score (nSPS) is 16.8. The third kappa shape index (κ3) is 3.89. The molecule has 17 heavy (non-hydrogen) atoms. The van der Waals surface area contributed by atoms with Crippen LogP contribution in [0.2, 0.25) is 5.15 Å². The van der Waals surface area contributed by atoms with E-state index in [0.29, 0.717) is 11.6 Å². The van der Waals surface area contributed by atoms with Crippen molar-refractivity contribution in [3.63, 3.8) is 0 Å². The van der Waals surface area contributed by atoms with Gasteiger partial charge in [0.25, 0.3) is 0 Å². The summed E-state index contributed by atoms with van der Waals surface area (Å²) in [6.07, 6.45) is 4.17. The number of nitrogens with zero attached hydrogens (tertiary/aromatic N) is 1. The van der Waals surface area contributed by atoms with Crippen molar-refractivity contribution in [1.29, 1.82) is 0 Å². The summed E-state index contributed by atoms with van der Waals surface area (Å²) in [5.74, 6) is 1.10. The zero-order valence-corrected chi connectivity index (χ0v) is 10.9. The molecule has 0 saturated heterocycles. The fourth-order valence-electron chi connectivity index (χ4n) is 1.75. The third-order valence-electron chi connectivity index (χ3n) is 2.95. The van der Waals surface area contributed by atoms with Crippen LogP contribution in [0, 0.1) is 5.41 Å². The largest absolute Gasteiger partial charge is 0.481 e. The van der Waals surface area contributed by atoms with E-state index < -0.39 is 5.97 Å². The summed E-state index contributed by atoms with van der Waals surface area (Å²) in [5.41, 5.74) is 1.20. The second-order valence-corrected chi connectivity index (χ2v) is 5.93. The fourth-order valence-corrected chi connectivity index (χ4v) is 3.19. The summed E-state index contributed by atoms with van der Waals surface area (Å²) in [7, 11) is 0. The molecule has 0 aliphatic heterocycles. The van der Waals surface area contributed by atoms with Crippen LogP contribution in [0.3, 0.4) is 0 Å². The van der Waals surface area contributed by atoms with Gasteiger partial charge in [-0.25, -0.2) is 4.98 Å². The van der Waals surface area contributed by atoms with Crippen molar-refractivity contribution in [3.8, 4) is 0 Å². The number of thioether (sulfide) groups is 1. The van der Waals surface area contributed by atoms with E-state index in [2.05, 4.69) is 4.98 Å². The van der Waals surface area contributed by atoms with Crippen molar-refractivity contribution in [2.45, 2.75) is 25.0 Å². The van der Waals surface area contributed by atoms with Crippen LogP contribution in [-0.2, 0) is 10.5 Å². The second kappa shape index (κ2) is 5.27. The molecule has 0 unspecified atom stereocenters. The number of carbonyl (C=O) groups is 1. The third-order valence-corrected chi connectivity index (χ3v) is 4.53. The van der Waals surface area contributed by atoms with Crippen LogP contribution in [0.5, 0.6) is 0 Å². The molecular formula is C12H14ClNO2S. The summed E-state index contributed by atoms with van der Waals surface area (Å²) in [6, 6.07) is 3.74. The number of hydrogen-bond acceptors (Lipinski definition) is 3. The highest BCUT2D eigenvalue weighted by molar-refractivity contribution is 7.98. The van der Waals surface area contributed by atoms with Crippen LogP contribution in [0.1, 0.15) is 24.8 Å². The van der Waals surface area contributed by atoms with Gasteiger partial charge in [-0.05, 0) is 35.6 Å². The van der Waals surface area contributed by atoms with Gasteiger partial charge in [-0.3, -0.25) is 4.79 Å². The first-order valence-electron chi connectivity index (χ1n) is 5.50. The first kappa shape index (κ1) is 12.7. The van der Waals surface area contributed by atoms with Crippen LogP contribution >= 0.6 is 23.4 Å². The van der Waals surface area contributed by atoms with Crippen molar-refractivity contribution < 1.29 is 9.90 Å². The highest BCUT2D eigenvalue weighted by Gasteiger charge is 2.43. The molecule has 1 heterocycles. The summed E-state index contributed by atoms with van der Waals surface area (Å²) in [5, 5.41) is 9.31. The van der Waals surface area contributed by atoms with Crippen molar-refractivity contribution in [3.05, 3.63) is 29.0 Å². The molecule has 0 amide bonds. The lowest BCUT2D eigenvalue weighted by Crippen LogP contribution is -2.11. The van der Waals surface area contributed by atoms with Gasteiger partial charge in [-0.1, -0.05) is 17.7 Å². The van der Waals surface area contributed by atoms with E-state index in [-0.39, 0.29) is 5.41 Å². The monoisotopic (exact) mass is 271 g/mol. The number of aromatic nitrogens is 1. The zero-order chi connectivity index (χ0) is 12.3. The number of rotatable bonds is 6. The molecule has 1 aliphatic carbocycles. The molecule has 1 aromatic rings. The van der Waals surface area contributed by atoms with E-state index in [1.807, 2.05) is 6.07 Å². The number of aliphatic carboxylic acids is 1. The summed E-state index contributed by atoms with van der Waals surface area (Å²) in [6.45, 7) is 0. The van der Waals surface area contributed by atoms with Crippen LogP contribution in [0.15, 0.2) is 18.3 Å². The lowest BCUT2D eigenvalue weighted by atomic mass is 10.1. The molecule has 0 aromatic carbocycles. The quantitative estimate of drug-likeness (QED) is 0.807. The SMILES string of the molecule is O=C(O)CC1(CSCc2ccc(Cl)nc2)CC1. The maximum atomic E-state index is 10.7. The number of carboxylic acids is 1. The Labute approximate surface area is 110 Å². The van der Waals surface area contributed by atoms with E-state index in [1.54, 1.807) is 24.0 Å². The van der Waals surface area contributed by atoms with Gasteiger partial charge in [0.1, 0.15) is 5.15 Å². The van der Waals surface area contributed by atoms with Crippen LogP contribution in [0.4, 0.5) is 0 Å². The topological polar surface area (TPSA) is 50.2 Å². The first-order chi connectivity index (χ1) is 8.10. The lowest BCUT2D eigenvalue weighted by Gasteiger charge is -2.11. The smallest absolute Gasteiger partial charge is 0.303 e. The van der Waals surface area contributed by atoms with Crippen molar-refractivity contribution in [2.24, 2.45) is 5.41 Å². The number of pyridine rings is 1. The Morgan fingerprint density at radius 1 is 1.53 bits per heavy atom. The Hall–Kier alpha value is -0.740. The van der Waals surface area contributed by atoms with Gasteiger partial charge in [-0.15, -0.1) is 0 Å². The number of halogens is 1. The van der Waals surface area contributed by atoms with Gasteiger partial charge in [0.15, 0.2) is 0 Å². The molecule has 0 spiro atoms. The highest BCUT2D eigenvalue weighted by atomic mass is 35.5. The average molecular weight is 272 g/mol. The Kier molecular flexibility index (Phi) is 3.94. The molecule has 1 N–H and O–H groups in total. The zero-order valence-electron chi connectivity index (χ0n) is 9.36. The molecule has 1 aliphatic rings. The van der Waals surface area contributed by atoms with Crippen LogP contribution < -0.4 is 0 Å². The molecule has 92 valence electrons. The van der Waals surface area contributed by atoms with Gasteiger partial charge in [0.05, 0.1) is 6.42 Å². The summed E-state index contributed by atoms with van der Waals surface area (Å²) in [4.78, 5) is 14.7. The molecule has 3 nitrogen and oxygen atoms in total. The van der Waals surface area contributed by atoms with Gasteiger partial charge in [0, 0.05) is 11.9 Å². The van der Waals surface area contributed by atoms with Crippen molar-refractivity contribution in [1.82, 2.24) is 4.98 Å². The molecule has 0 atom stereocenters. The van der Waals surface area contributed by atoms with Gasteiger partial charge in [0.2, 0.25) is 0 Å². The summed E-state index contributed by atoms with van der Waals surface area (Å²) < 4.78 is 0. The van der Waals surface area contributed by atoms with Crippen molar-refractivity contribution in [2.75, 3.05) is 5.75 Å². The molecule has 5 heteroatoms. The van der Waals surface area contributed by atoms with Crippen LogP contribution in [-0.4, -0.2) is 21.8 Å². The van der Waals surface area contributed by atoms with E-state index in [0.717, 1.165) is 29.9 Å². The Morgan fingerprint density at radius 3 is 2.82 bits per heavy atom. The Bertz CT molecular complexity index is 403. The predicted octanol–water partition coefficient (Wildman–Crippen LogP) is 3.22. The fraction of sp³-hybridized carbons (Fsp3) is 0.500. The molecule has 1 aromatic heterocycles.